The van der Waals surface area contributed by atoms with Gasteiger partial charge in [-0.15, -0.1) is 0 Å². The third kappa shape index (κ3) is 3.11. The molecular weight excluding hydrogens is 448 g/mol. The number of rotatable bonds is 3. The summed E-state index contributed by atoms with van der Waals surface area (Å²) >= 11 is 0. The molecule has 4 aromatic carbocycles. The molecule has 3 aliphatic rings. The summed E-state index contributed by atoms with van der Waals surface area (Å²) in [6.07, 6.45) is 7.25. The molecule has 2 aliphatic heterocycles. The van der Waals surface area contributed by atoms with Gasteiger partial charge < -0.3 is 9.80 Å². The lowest BCUT2D eigenvalue weighted by Gasteiger charge is -2.50. The molecule has 4 aromatic rings. The molecule has 0 saturated heterocycles. The second-order valence-electron chi connectivity index (χ2n) is 11.7. The summed E-state index contributed by atoms with van der Waals surface area (Å²) in [5.41, 5.74) is 12.8. The summed E-state index contributed by atoms with van der Waals surface area (Å²) in [5, 5.41) is 0. The molecule has 0 aromatic heterocycles. The Morgan fingerprint density at radius 2 is 1.43 bits per heavy atom. The van der Waals surface area contributed by atoms with Gasteiger partial charge in [-0.05, 0) is 86.6 Å². The van der Waals surface area contributed by atoms with Gasteiger partial charge in [0.05, 0.1) is 11.2 Å². The van der Waals surface area contributed by atoms with Crippen LogP contribution in [0.1, 0.15) is 61.8 Å². The number of benzene rings is 4. The maximum atomic E-state index is 2.80. The monoisotopic (exact) mass is 484 g/mol. The zero-order valence-electron chi connectivity index (χ0n) is 22.3. The van der Waals surface area contributed by atoms with Gasteiger partial charge in [0.15, 0.2) is 0 Å². The van der Waals surface area contributed by atoms with E-state index in [2.05, 4.69) is 122 Å². The van der Waals surface area contributed by atoms with E-state index in [1.807, 2.05) is 0 Å². The molecule has 1 aliphatic carbocycles. The summed E-state index contributed by atoms with van der Waals surface area (Å²) in [6, 6.07) is 33.9. The van der Waals surface area contributed by atoms with E-state index >= 15 is 0 Å². The number of nitrogens with zero attached hydrogens (tertiary/aromatic N) is 2. The Morgan fingerprint density at radius 3 is 2.27 bits per heavy atom. The first-order valence-electron chi connectivity index (χ1n) is 14.0. The highest BCUT2D eigenvalue weighted by Crippen LogP contribution is 2.63. The molecule has 0 N–H and O–H groups in total. The van der Waals surface area contributed by atoms with Crippen LogP contribution >= 0.6 is 0 Å². The topological polar surface area (TPSA) is 6.48 Å². The van der Waals surface area contributed by atoms with Gasteiger partial charge >= 0.3 is 0 Å². The highest BCUT2D eigenvalue weighted by molar-refractivity contribution is 5.88. The average molecular weight is 485 g/mol. The third-order valence-corrected chi connectivity index (χ3v) is 9.83. The molecule has 2 heterocycles. The van der Waals surface area contributed by atoms with Gasteiger partial charge in [-0.1, -0.05) is 80.4 Å². The molecule has 1 saturated carbocycles. The standard InChI is InChI=1S/C35H36N2/c1-25-13-7-8-18-30(25)36(27-15-5-4-6-16-27)31-19-12-20-32-28(31)22-21-26-14-11-17-29-33(26)37(32)35(3)24-10-9-23-34(29,35)2/h4-8,11-20H,9-10,21-24H2,1-3H3. The lowest BCUT2D eigenvalue weighted by Crippen LogP contribution is -2.54. The van der Waals surface area contributed by atoms with Crippen LogP contribution in [0.15, 0.2) is 91.0 Å². The van der Waals surface area contributed by atoms with E-state index in [4.69, 9.17) is 0 Å². The van der Waals surface area contributed by atoms with Crippen molar-refractivity contribution < 1.29 is 0 Å². The van der Waals surface area contributed by atoms with Crippen molar-refractivity contribution in [2.24, 2.45) is 0 Å². The highest BCUT2D eigenvalue weighted by Gasteiger charge is 2.58. The Kier molecular flexibility index (Phi) is 5.05. The molecule has 186 valence electrons. The van der Waals surface area contributed by atoms with Gasteiger partial charge in [0.25, 0.3) is 0 Å². The van der Waals surface area contributed by atoms with Crippen LogP contribution in [0.3, 0.4) is 0 Å². The number of aryl methyl sites for hydroxylation is 2. The Morgan fingerprint density at radius 1 is 0.703 bits per heavy atom. The van der Waals surface area contributed by atoms with Crippen LogP contribution < -0.4 is 9.80 Å². The second kappa shape index (κ2) is 8.25. The molecule has 1 fully saturated rings. The molecule has 2 unspecified atom stereocenters. The lowest BCUT2D eigenvalue weighted by molar-refractivity contribution is 0.195. The maximum Gasteiger partial charge on any atom is 0.0518 e. The van der Waals surface area contributed by atoms with Crippen molar-refractivity contribution >= 4 is 28.4 Å². The number of hydrogen-bond donors (Lipinski definition) is 0. The smallest absolute Gasteiger partial charge is 0.0518 e. The zero-order chi connectivity index (χ0) is 25.2. The van der Waals surface area contributed by atoms with E-state index in [0.717, 1.165) is 12.8 Å². The Balaban J connectivity index is 1.49. The molecule has 2 nitrogen and oxygen atoms in total. The number of hydrogen-bond acceptors (Lipinski definition) is 2. The fraction of sp³-hybridized carbons (Fsp3) is 0.314. The molecule has 2 atom stereocenters. The SMILES string of the molecule is Cc1ccccc1N(c1ccccc1)c1cccc2c1CCc1cccc3c1N2C1(C)CCCCC31C. The van der Waals surface area contributed by atoms with E-state index in [1.54, 1.807) is 5.56 Å². The summed E-state index contributed by atoms with van der Waals surface area (Å²) in [4.78, 5) is 5.28. The second-order valence-corrected chi connectivity index (χ2v) is 11.7. The Bertz CT molecular complexity index is 1490. The minimum atomic E-state index is 0.0850. The first kappa shape index (κ1) is 22.7. The number of para-hydroxylation sites is 3. The summed E-state index contributed by atoms with van der Waals surface area (Å²) in [7, 11) is 0. The summed E-state index contributed by atoms with van der Waals surface area (Å²) in [5.74, 6) is 0. The maximum absolute atomic E-state index is 2.80. The molecule has 0 bridgehead atoms. The number of fused-ring (bicyclic) bond motifs is 5. The van der Waals surface area contributed by atoms with Gasteiger partial charge in [-0.3, -0.25) is 0 Å². The molecule has 7 rings (SSSR count). The van der Waals surface area contributed by atoms with E-state index in [0.29, 0.717) is 0 Å². The Labute approximate surface area is 221 Å². The third-order valence-electron chi connectivity index (χ3n) is 9.83. The van der Waals surface area contributed by atoms with Gasteiger partial charge in [0, 0.05) is 33.7 Å². The van der Waals surface area contributed by atoms with Gasteiger partial charge in [0.2, 0.25) is 0 Å². The first-order valence-corrected chi connectivity index (χ1v) is 14.0. The molecule has 0 spiro atoms. The molecule has 37 heavy (non-hydrogen) atoms. The zero-order valence-corrected chi connectivity index (χ0v) is 22.3. The molecule has 2 heteroatoms. The van der Waals surface area contributed by atoms with Crippen LogP contribution in [0.4, 0.5) is 28.4 Å². The van der Waals surface area contributed by atoms with Crippen molar-refractivity contribution in [3.63, 3.8) is 0 Å². The average Bonchev–Trinajstić information content (AvgIpc) is 3.01. The number of anilines is 5. The predicted octanol–water partition coefficient (Wildman–Crippen LogP) is 9.31. The summed E-state index contributed by atoms with van der Waals surface area (Å²) in [6.45, 7) is 7.32. The van der Waals surface area contributed by atoms with Crippen molar-refractivity contribution in [3.05, 3.63) is 113 Å². The summed E-state index contributed by atoms with van der Waals surface area (Å²) < 4.78 is 0. The van der Waals surface area contributed by atoms with Crippen LogP contribution in [0, 0.1) is 6.92 Å². The van der Waals surface area contributed by atoms with E-state index in [9.17, 15) is 0 Å². The fourth-order valence-corrected chi connectivity index (χ4v) is 7.71. The van der Waals surface area contributed by atoms with E-state index in [-0.39, 0.29) is 11.0 Å². The first-order chi connectivity index (χ1) is 18.0. The predicted molar refractivity (Wildman–Crippen MR) is 156 cm³/mol. The van der Waals surface area contributed by atoms with Crippen LogP contribution in [0.25, 0.3) is 0 Å². The fourth-order valence-electron chi connectivity index (χ4n) is 7.71. The van der Waals surface area contributed by atoms with Crippen molar-refractivity contribution in [3.8, 4) is 0 Å². The van der Waals surface area contributed by atoms with E-state index < -0.39 is 0 Å². The Hall–Kier alpha value is -3.52. The van der Waals surface area contributed by atoms with E-state index in [1.165, 1.54) is 70.8 Å². The van der Waals surface area contributed by atoms with Gasteiger partial charge in [-0.2, -0.15) is 0 Å². The molecule has 0 radical (unpaired) electrons. The van der Waals surface area contributed by atoms with Gasteiger partial charge in [-0.25, -0.2) is 0 Å². The van der Waals surface area contributed by atoms with Gasteiger partial charge in [0.1, 0.15) is 0 Å². The molecule has 0 amide bonds. The highest BCUT2D eigenvalue weighted by atomic mass is 15.3. The minimum Gasteiger partial charge on any atom is -0.334 e. The largest absolute Gasteiger partial charge is 0.334 e. The van der Waals surface area contributed by atoms with Crippen LogP contribution in [-0.4, -0.2) is 5.54 Å². The van der Waals surface area contributed by atoms with Crippen LogP contribution in [0.2, 0.25) is 0 Å². The van der Waals surface area contributed by atoms with Crippen molar-refractivity contribution in [1.29, 1.82) is 0 Å². The van der Waals surface area contributed by atoms with Crippen LogP contribution in [-0.2, 0) is 18.3 Å². The molecular formula is C35H36N2. The van der Waals surface area contributed by atoms with Crippen LogP contribution in [0.5, 0.6) is 0 Å². The quantitative estimate of drug-likeness (QED) is 0.286. The van der Waals surface area contributed by atoms with Crippen molar-refractivity contribution in [1.82, 2.24) is 0 Å². The van der Waals surface area contributed by atoms with Crippen molar-refractivity contribution in [2.75, 3.05) is 9.80 Å². The minimum absolute atomic E-state index is 0.0850. The lowest BCUT2D eigenvalue weighted by atomic mass is 9.61. The van der Waals surface area contributed by atoms with Crippen molar-refractivity contribution in [2.45, 2.75) is 70.3 Å². The normalized spacial score (nSPS) is 23.6.